The van der Waals surface area contributed by atoms with Gasteiger partial charge in [0.2, 0.25) is 0 Å². The molecule has 0 saturated carbocycles. The van der Waals surface area contributed by atoms with Crippen molar-refractivity contribution in [1.82, 2.24) is 0 Å². The quantitative estimate of drug-likeness (QED) is 0.803. The van der Waals surface area contributed by atoms with Crippen LogP contribution in [0.1, 0.15) is 20.7 Å². The molecule has 0 fully saturated rings. The summed E-state index contributed by atoms with van der Waals surface area (Å²) in [5, 5.41) is 18.4. The number of methoxy groups -OCH3 is 1. The van der Waals surface area contributed by atoms with E-state index < -0.39 is 34.7 Å². The molecule has 1 aromatic carbocycles. The van der Waals surface area contributed by atoms with Gasteiger partial charge in [-0.25, -0.2) is 0 Å². The van der Waals surface area contributed by atoms with Crippen LogP contribution in [-0.2, 0) is 0 Å². The zero-order chi connectivity index (χ0) is 16.0. The number of ether oxygens (including phenoxy) is 1. The highest BCUT2D eigenvalue weighted by Gasteiger charge is 2.58. The van der Waals surface area contributed by atoms with Gasteiger partial charge in [-0.1, -0.05) is 12.1 Å². The van der Waals surface area contributed by atoms with Gasteiger partial charge in [-0.3, -0.25) is 9.59 Å². The molecule has 0 saturated heterocycles. The molecule has 2 N–H and O–H groups in total. The maximum absolute atomic E-state index is 12.6. The Morgan fingerprint density at radius 3 is 2.29 bits per heavy atom. The van der Waals surface area contributed by atoms with Gasteiger partial charge in [0.05, 0.1) is 18.2 Å². The van der Waals surface area contributed by atoms with Gasteiger partial charge in [0, 0.05) is 5.56 Å². The summed E-state index contributed by atoms with van der Waals surface area (Å²) in [5.74, 6) is -6.83. The van der Waals surface area contributed by atoms with Crippen molar-refractivity contribution in [2.75, 3.05) is 7.11 Å². The van der Waals surface area contributed by atoms with E-state index in [9.17, 15) is 33.0 Å². The first-order valence-corrected chi connectivity index (χ1v) is 5.61. The number of carbonyl (C=O) groups excluding carboxylic acids is 2. The van der Waals surface area contributed by atoms with Crippen molar-refractivity contribution >= 4 is 11.6 Å². The maximum Gasteiger partial charge on any atom is 0.447 e. The smallest absolute Gasteiger partial charge is 0.447 e. The van der Waals surface area contributed by atoms with Crippen LogP contribution in [0.3, 0.4) is 0 Å². The molecule has 0 amide bonds. The summed E-state index contributed by atoms with van der Waals surface area (Å²) in [6.45, 7) is 0. The Kier molecular flexibility index (Phi) is 3.38. The van der Waals surface area contributed by atoms with Crippen molar-refractivity contribution in [2.45, 2.75) is 12.0 Å². The molecule has 5 nitrogen and oxygen atoms in total. The molecule has 0 bridgehead atoms. The Morgan fingerprint density at radius 1 is 1.14 bits per heavy atom. The van der Waals surface area contributed by atoms with Crippen LogP contribution in [0.5, 0.6) is 5.75 Å². The van der Waals surface area contributed by atoms with E-state index in [0.717, 1.165) is 0 Å². The molecule has 21 heavy (non-hydrogen) atoms. The fraction of sp³-hybridized carbons (Fsp3) is 0.231. The van der Waals surface area contributed by atoms with E-state index in [1.807, 2.05) is 0 Å². The Morgan fingerprint density at radius 2 is 1.76 bits per heavy atom. The Labute approximate surface area is 116 Å². The minimum Gasteiger partial charge on any atom is -0.496 e. The standard InChI is InChI=1S/C13H9F3O5/c1-21-9-4-2-3-6-8(17)5-7(11(18)10(6)9)12(19,20)13(14,15)16/h2-5,19-20H,1H3. The van der Waals surface area contributed by atoms with E-state index in [1.54, 1.807) is 0 Å². The minimum absolute atomic E-state index is 0.130. The van der Waals surface area contributed by atoms with Gasteiger partial charge in [0.25, 0.3) is 5.79 Å². The van der Waals surface area contributed by atoms with Crippen molar-refractivity contribution in [1.29, 1.82) is 0 Å². The first kappa shape index (κ1) is 15.2. The molecule has 8 heteroatoms. The van der Waals surface area contributed by atoms with Gasteiger partial charge in [-0.15, -0.1) is 0 Å². The Bertz CT molecular complexity index is 658. The Hall–Kier alpha value is -2.19. The lowest BCUT2D eigenvalue weighted by molar-refractivity contribution is -0.327. The molecule has 0 aromatic heterocycles. The number of benzene rings is 1. The number of hydrogen-bond donors (Lipinski definition) is 2. The lowest BCUT2D eigenvalue weighted by Gasteiger charge is -2.28. The molecule has 0 atom stereocenters. The number of ketones is 2. The molecular formula is C13H9F3O5. The molecule has 0 aliphatic heterocycles. The van der Waals surface area contributed by atoms with Gasteiger partial charge in [0.1, 0.15) is 5.75 Å². The number of hydrogen-bond acceptors (Lipinski definition) is 5. The number of fused-ring (bicyclic) bond motifs is 1. The molecule has 112 valence electrons. The van der Waals surface area contributed by atoms with Gasteiger partial charge in [0.15, 0.2) is 11.6 Å². The third-order valence-electron chi connectivity index (χ3n) is 3.03. The van der Waals surface area contributed by atoms with Crippen LogP contribution in [0.15, 0.2) is 29.8 Å². The lowest BCUT2D eigenvalue weighted by Crippen LogP contribution is -2.50. The lowest BCUT2D eigenvalue weighted by atomic mass is 9.85. The monoisotopic (exact) mass is 302 g/mol. The van der Waals surface area contributed by atoms with Crippen LogP contribution in [0.25, 0.3) is 0 Å². The van der Waals surface area contributed by atoms with Crippen LogP contribution >= 0.6 is 0 Å². The van der Waals surface area contributed by atoms with Crippen LogP contribution in [0.4, 0.5) is 13.2 Å². The molecule has 1 aliphatic rings. The third-order valence-corrected chi connectivity index (χ3v) is 3.03. The SMILES string of the molecule is COc1cccc2c1C(=O)C(C(O)(O)C(F)(F)F)=CC2=O. The summed E-state index contributed by atoms with van der Waals surface area (Å²) in [6, 6.07) is 3.89. The van der Waals surface area contributed by atoms with E-state index in [0.29, 0.717) is 0 Å². The zero-order valence-corrected chi connectivity index (χ0v) is 10.6. The predicted molar refractivity (Wildman–Crippen MR) is 63.0 cm³/mol. The van der Waals surface area contributed by atoms with Crippen LogP contribution in [0, 0.1) is 0 Å². The number of aliphatic hydroxyl groups is 2. The van der Waals surface area contributed by atoms with E-state index in [-0.39, 0.29) is 17.4 Å². The molecule has 0 radical (unpaired) electrons. The summed E-state index contributed by atoms with van der Waals surface area (Å²) in [4.78, 5) is 23.9. The molecular weight excluding hydrogens is 293 g/mol. The number of allylic oxidation sites excluding steroid dienone is 1. The zero-order valence-electron chi connectivity index (χ0n) is 10.6. The molecule has 0 unspecified atom stereocenters. The largest absolute Gasteiger partial charge is 0.496 e. The van der Waals surface area contributed by atoms with E-state index in [2.05, 4.69) is 0 Å². The number of carbonyl (C=O) groups is 2. The molecule has 2 rings (SSSR count). The second kappa shape index (κ2) is 4.68. The highest BCUT2D eigenvalue weighted by Crippen LogP contribution is 2.39. The highest BCUT2D eigenvalue weighted by molar-refractivity contribution is 6.26. The first-order valence-electron chi connectivity index (χ1n) is 5.61. The summed E-state index contributed by atoms with van der Waals surface area (Å²) in [5.41, 5.74) is -2.06. The van der Waals surface area contributed by atoms with E-state index in [4.69, 9.17) is 4.74 Å². The van der Waals surface area contributed by atoms with Crippen LogP contribution < -0.4 is 4.74 Å². The Balaban J connectivity index is 2.66. The average Bonchev–Trinajstić information content (AvgIpc) is 2.40. The summed E-state index contributed by atoms with van der Waals surface area (Å²) < 4.78 is 42.8. The van der Waals surface area contributed by atoms with Crippen molar-refractivity contribution in [3.8, 4) is 5.75 Å². The van der Waals surface area contributed by atoms with Gasteiger partial charge < -0.3 is 14.9 Å². The first-order chi connectivity index (χ1) is 9.61. The summed E-state index contributed by atoms with van der Waals surface area (Å²) >= 11 is 0. The van der Waals surface area contributed by atoms with Gasteiger partial charge in [-0.05, 0) is 12.1 Å². The second-order valence-corrected chi connectivity index (χ2v) is 4.30. The van der Waals surface area contributed by atoms with Gasteiger partial charge >= 0.3 is 6.18 Å². The van der Waals surface area contributed by atoms with Crippen LogP contribution in [0.2, 0.25) is 0 Å². The topological polar surface area (TPSA) is 83.8 Å². The summed E-state index contributed by atoms with van der Waals surface area (Å²) in [6.07, 6.45) is -5.26. The predicted octanol–water partition coefficient (Wildman–Crippen LogP) is 1.24. The summed E-state index contributed by atoms with van der Waals surface area (Å²) in [7, 11) is 1.17. The molecule has 1 aliphatic carbocycles. The minimum atomic E-state index is -5.53. The number of Topliss-reactive ketones (excluding diaryl/α,β-unsaturated/α-hetero) is 1. The molecule has 1 aromatic rings. The number of rotatable bonds is 2. The molecule has 0 spiro atoms. The van der Waals surface area contributed by atoms with Crippen molar-refractivity contribution in [3.05, 3.63) is 41.0 Å². The van der Waals surface area contributed by atoms with E-state index >= 15 is 0 Å². The normalized spacial score (nSPS) is 15.6. The fourth-order valence-electron chi connectivity index (χ4n) is 1.96. The van der Waals surface area contributed by atoms with Crippen molar-refractivity contribution in [2.24, 2.45) is 0 Å². The highest BCUT2D eigenvalue weighted by atomic mass is 19.4. The van der Waals surface area contributed by atoms with Crippen molar-refractivity contribution in [3.63, 3.8) is 0 Å². The van der Waals surface area contributed by atoms with Crippen LogP contribution in [-0.4, -0.2) is 40.9 Å². The second-order valence-electron chi connectivity index (χ2n) is 4.30. The molecule has 0 heterocycles. The third kappa shape index (κ3) is 2.22. The average molecular weight is 302 g/mol. The van der Waals surface area contributed by atoms with Crippen molar-refractivity contribution < 1.29 is 37.7 Å². The maximum atomic E-state index is 12.6. The fourth-order valence-corrected chi connectivity index (χ4v) is 1.96. The number of alkyl halides is 3. The van der Waals surface area contributed by atoms with E-state index in [1.165, 1.54) is 25.3 Å². The number of halogens is 3. The van der Waals surface area contributed by atoms with Gasteiger partial charge in [-0.2, -0.15) is 13.2 Å².